The molecule has 0 aliphatic carbocycles. The predicted molar refractivity (Wildman–Crippen MR) is 60.0 cm³/mol. The Labute approximate surface area is 106 Å². The Balaban J connectivity index is 2.65. The van der Waals surface area contributed by atoms with Crippen LogP contribution in [0.3, 0.4) is 0 Å². The lowest BCUT2D eigenvalue weighted by atomic mass is 10.3. The highest BCUT2D eigenvalue weighted by atomic mass is 19.4. The van der Waals surface area contributed by atoms with Crippen LogP contribution in [0.2, 0.25) is 0 Å². The van der Waals surface area contributed by atoms with Gasteiger partial charge >= 0.3 is 12.3 Å². The standard InChI is InChI=1S/C11H12F3NO4/c12-11(13,14)7-19-9-4-2-1-3-8(9)15-10(17)18-6-5-16/h1-4,16H,5-7H2,(H,15,17). The van der Waals surface area contributed by atoms with E-state index in [0.29, 0.717) is 0 Å². The molecule has 0 spiro atoms. The van der Waals surface area contributed by atoms with Gasteiger partial charge in [0.25, 0.3) is 0 Å². The van der Waals surface area contributed by atoms with Crippen LogP contribution in [-0.2, 0) is 4.74 Å². The number of halogens is 3. The molecular weight excluding hydrogens is 267 g/mol. The summed E-state index contributed by atoms with van der Waals surface area (Å²) in [5, 5.41) is 10.7. The summed E-state index contributed by atoms with van der Waals surface area (Å²) in [6.45, 7) is -2.02. The van der Waals surface area contributed by atoms with Crippen molar-refractivity contribution in [2.24, 2.45) is 0 Å². The molecule has 1 rings (SSSR count). The minimum Gasteiger partial charge on any atom is -0.482 e. The highest BCUT2D eigenvalue weighted by Crippen LogP contribution is 2.26. The number of carbonyl (C=O) groups is 1. The molecule has 0 aromatic heterocycles. The second-order valence-corrected chi connectivity index (χ2v) is 3.38. The Hall–Kier alpha value is -1.96. The van der Waals surface area contributed by atoms with Crippen molar-refractivity contribution in [3.63, 3.8) is 0 Å². The SMILES string of the molecule is O=C(Nc1ccccc1OCC(F)(F)F)OCCO. The van der Waals surface area contributed by atoms with Gasteiger partial charge in [0.2, 0.25) is 0 Å². The van der Waals surface area contributed by atoms with Gasteiger partial charge in [0.05, 0.1) is 12.3 Å². The summed E-state index contributed by atoms with van der Waals surface area (Å²) < 4.78 is 45.2. The first-order valence-corrected chi connectivity index (χ1v) is 5.25. The van der Waals surface area contributed by atoms with E-state index < -0.39 is 18.9 Å². The Kier molecular flexibility index (Phi) is 5.43. The van der Waals surface area contributed by atoms with Crippen LogP contribution in [0.1, 0.15) is 0 Å². The molecule has 106 valence electrons. The van der Waals surface area contributed by atoms with Crippen LogP contribution in [0.25, 0.3) is 0 Å². The number of rotatable bonds is 5. The highest BCUT2D eigenvalue weighted by Gasteiger charge is 2.28. The Morgan fingerprint density at radius 2 is 2.00 bits per heavy atom. The molecule has 1 aromatic carbocycles. The third-order valence-corrected chi connectivity index (χ3v) is 1.84. The molecule has 19 heavy (non-hydrogen) atoms. The molecule has 8 heteroatoms. The van der Waals surface area contributed by atoms with E-state index in [-0.39, 0.29) is 24.7 Å². The number of carbonyl (C=O) groups excluding carboxylic acids is 1. The fraction of sp³-hybridized carbons (Fsp3) is 0.364. The van der Waals surface area contributed by atoms with E-state index in [4.69, 9.17) is 5.11 Å². The monoisotopic (exact) mass is 279 g/mol. The molecule has 0 saturated carbocycles. The van der Waals surface area contributed by atoms with Crippen molar-refractivity contribution in [1.82, 2.24) is 0 Å². The Morgan fingerprint density at radius 1 is 1.32 bits per heavy atom. The molecule has 0 aliphatic heterocycles. The molecular formula is C11H12F3NO4. The average Bonchev–Trinajstić information content (AvgIpc) is 2.34. The number of anilines is 1. The van der Waals surface area contributed by atoms with Crippen molar-refractivity contribution in [1.29, 1.82) is 0 Å². The molecule has 1 aromatic rings. The third-order valence-electron chi connectivity index (χ3n) is 1.84. The van der Waals surface area contributed by atoms with Gasteiger partial charge in [-0.3, -0.25) is 5.32 Å². The van der Waals surface area contributed by atoms with Crippen molar-refractivity contribution < 1.29 is 32.5 Å². The number of aliphatic hydroxyl groups excluding tert-OH is 1. The normalized spacial score (nSPS) is 10.9. The Bertz CT molecular complexity index is 423. The van der Waals surface area contributed by atoms with E-state index in [1.165, 1.54) is 24.3 Å². The first-order valence-electron chi connectivity index (χ1n) is 5.25. The van der Waals surface area contributed by atoms with Gasteiger partial charge in [0, 0.05) is 0 Å². The van der Waals surface area contributed by atoms with Crippen molar-refractivity contribution in [3.8, 4) is 5.75 Å². The van der Waals surface area contributed by atoms with Gasteiger partial charge in [-0.1, -0.05) is 12.1 Å². The summed E-state index contributed by atoms with van der Waals surface area (Å²) in [5.41, 5.74) is 0.0506. The molecule has 0 saturated heterocycles. The van der Waals surface area contributed by atoms with Crippen LogP contribution in [0.4, 0.5) is 23.7 Å². The van der Waals surface area contributed by atoms with Crippen LogP contribution in [-0.4, -0.2) is 37.2 Å². The van der Waals surface area contributed by atoms with E-state index in [0.717, 1.165) is 0 Å². The zero-order valence-electron chi connectivity index (χ0n) is 9.74. The van der Waals surface area contributed by atoms with Crippen molar-refractivity contribution >= 4 is 11.8 Å². The lowest BCUT2D eigenvalue weighted by Gasteiger charge is -2.13. The summed E-state index contributed by atoms with van der Waals surface area (Å²) in [6.07, 6.45) is -5.36. The number of para-hydroxylation sites is 2. The zero-order chi connectivity index (χ0) is 14.3. The fourth-order valence-corrected chi connectivity index (χ4v) is 1.14. The number of hydrogen-bond donors (Lipinski definition) is 2. The predicted octanol–water partition coefficient (Wildman–Crippen LogP) is 2.17. The van der Waals surface area contributed by atoms with Gasteiger partial charge in [-0.15, -0.1) is 0 Å². The molecule has 0 atom stereocenters. The van der Waals surface area contributed by atoms with Gasteiger partial charge in [0.1, 0.15) is 12.4 Å². The summed E-state index contributed by atoms with van der Waals surface area (Å²) in [6, 6.07) is 5.64. The molecule has 0 heterocycles. The van der Waals surface area contributed by atoms with Crippen molar-refractivity contribution in [3.05, 3.63) is 24.3 Å². The minimum absolute atomic E-state index is 0.0506. The van der Waals surface area contributed by atoms with Gasteiger partial charge in [0.15, 0.2) is 6.61 Å². The lowest BCUT2D eigenvalue weighted by molar-refractivity contribution is -0.153. The molecule has 0 radical (unpaired) electrons. The molecule has 1 amide bonds. The lowest BCUT2D eigenvalue weighted by Crippen LogP contribution is -2.21. The first-order chi connectivity index (χ1) is 8.92. The summed E-state index contributed by atoms with van der Waals surface area (Å²) in [5.74, 6) is -0.124. The summed E-state index contributed by atoms with van der Waals surface area (Å²) in [7, 11) is 0. The Morgan fingerprint density at radius 3 is 2.63 bits per heavy atom. The molecule has 0 fully saturated rings. The number of aliphatic hydroxyl groups is 1. The van der Waals surface area contributed by atoms with Crippen LogP contribution < -0.4 is 10.1 Å². The van der Waals surface area contributed by atoms with Crippen LogP contribution >= 0.6 is 0 Å². The smallest absolute Gasteiger partial charge is 0.422 e. The van der Waals surface area contributed by atoms with Crippen molar-refractivity contribution in [2.45, 2.75) is 6.18 Å². The van der Waals surface area contributed by atoms with Crippen molar-refractivity contribution in [2.75, 3.05) is 25.1 Å². The van der Waals surface area contributed by atoms with Crippen LogP contribution in [0, 0.1) is 0 Å². The number of amides is 1. The summed E-state index contributed by atoms with van der Waals surface area (Å²) in [4.78, 5) is 11.2. The summed E-state index contributed by atoms with van der Waals surface area (Å²) >= 11 is 0. The van der Waals surface area contributed by atoms with E-state index in [1.54, 1.807) is 0 Å². The van der Waals surface area contributed by atoms with Crippen LogP contribution in [0.15, 0.2) is 24.3 Å². The molecule has 0 aliphatic rings. The van der Waals surface area contributed by atoms with Gasteiger partial charge in [-0.25, -0.2) is 4.79 Å². The fourth-order valence-electron chi connectivity index (χ4n) is 1.14. The maximum Gasteiger partial charge on any atom is 0.422 e. The topological polar surface area (TPSA) is 67.8 Å². The van der Waals surface area contributed by atoms with E-state index in [2.05, 4.69) is 14.8 Å². The number of nitrogens with one attached hydrogen (secondary N) is 1. The van der Waals surface area contributed by atoms with Gasteiger partial charge in [-0.05, 0) is 12.1 Å². The molecule has 0 unspecified atom stereocenters. The maximum absolute atomic E-state index is 12.0. The average molecular weight is 279 g/mol. The first kappa shape index (κ1) is 15.1. The number of hydrogen-bond acceptors (Lipinski definition) is 4. The molecule has 2 N–H and O–H groups in total. The molecule has 0 bridgehead atoms. The highest BCUT2D eigenvalue weighted by molar-refractivity contribution is 5.86. The number of benzene rings is 1. The van der Waals surface area contributed by atoms with E-state index >= 15 is 0 Å². The maximum atomic E-state index is 12.0. The minimum atomic E-state index is -4.47. The largest absolute Gasteiger partial charge is 0.482 e. The second kappa shape index (κ2) is 6.83. The van der Waals surface area contributed by atoms with E-state index in [9.17, 15) is 18.0 Å². The third kappa shape index (κ3) is 5.96. The van der Waals surface area contributed by atoms with E-state index in [1.807, 2.05) is 0 Å². The second-order valence-electron chi connectivity index (χ2n) is 3.38. The zero-order valence-corrected chi connectivity index (χ0v) is 9.74. The number of ether oxygens (including phenoxy) is 2. The van der Waals surface area contributed by atoms with Gasteiger partial charge < -0.3 is 14.6 Å². The van der Waals surface area contributed by atoms with Crippen LogP contribution in [0.5, 0.6) is 5.75 Å². The number of alkyl halides is 3. The van der Waals surface area contributed by atoms with Gasteiger partial charge in [-0.2, -0.15) is 13.2 Å². The quantitative estimate of drug-likeness (QED) is 0.866. The molecule has 5 nitrogen and oxygen atoms in total.